The molecule has 0 amide bonds. The van der Waals surface area contributed by atoms with Gasteiger partial charge in [-0.2, -0.15) is 0 Å². The number of ether oxygens (including phenoxy) is 1. The molecule has 25 heavy (non-hydrogen) atoms. The van der Waals surface area contributed by atoms with Crippen molar-refractivity contribution >= 4 is 0 Å². The van der Waals surface area contributed by atoms with Crippen LogP contribution in [0.1, 0.15) is 55.7 Å². The Morgan fingerprint density at radius 1 is 0.840 bits per heavy atom. The Labute approximate surface area is 152 Å². The molecule has 0 spiro atoms. The van der Waals surface area contributed by atoms with Crippen molar-refractivity contribution in [1.29, 1.82) is 0 Å². The summed E-state index contributed by atoms with van der Waals surface area (Å²) in [6, 6.07) is 16.5. The fourth-order valence-electron chi connectivity index (χ4n) is 2.62. The Hall–Kier alpha value is -2.46. The molecule has 0 unspecified atom stereocenters. The average Bonchev–Trinajstić information content (AvgIpc) is 2.66. The molecule has 0 heterocycles. The van der Waals surface area contributed by atoms with E-state index in [9.17, 15) is 0 Å². The van der Waals surface area contributed by atoms with E-state index in [2.05, 4.69) is 49.6 Å². The summed E-state index contributed by atoms with van der Waals surface area (Å²) in [6.45, 7) is 6.42. The van der Waals surface area contributed by atoms with Crippen molar-refractivity contribution in [3.63, 3.8) is 0 Å². The predicted molar refractivity (Wildman–Crippen MR) is 107 cm³/mol. The lowest BCUT2D eigenvalue weighted by atomic mass is 10.0. The van der Waals surface area contributed by atoms with E-state index >= 15 is 0 Å². The first-order valence-corrected chi connectivity index (χ1v) is 9.26. The molecule has 2 aromatic rings. The zero-order valence-electron chi connectivity index (χ0n) is 15.3. The fraction of sp³-hybridized carbons (Fsp3) is 0.333. The first-order valence-electron chi connectivity index (χ1n) is 9.26. The van der Waals surface area contributed by atoms with Gasteiger partial charge in [0, 0.05) is 11.1 Å². The molecule has 0 N–H and O–H groups in total. The van der Waals surface area contributed by atoms with Crippen molar-refractivity contribution in [2.45, 2.75) is 45.4 Å². The predicted octanol–water partition coefficient (Wildman–Crippen LogP) is 6.16. The minimum Gasteiger partial charge on any atom is -0.490 e. The SMILES string of the molecule is C=CCOc1ccc(C#Cc2ccc(CCCCCCC)cc2)cc1. The number of benzene rings is 2. The van der Waals surface area contributed by atoms with E-state index < -0.39 is 0 Å². The van der Waals surface area contributed by atoms with Crippen LogP contribution in [0.3, 0.4) is 0 Å². The number of unbranched alkanes of at least 4 members (excludes halogenated alkanes) is 4. The molecule has 2 rings (SSSR count). The van der Waals surface area contributed by atoms with Crippen molar-refractivity contribution in [3.8, 4) is 17.6 Å². The van der Waals surface area contributed by atoms with Crippen molar-refractivity contribution < 1.29 is 4.74 Å². The van der Waals surface area contributed by atoms with Gasteiger partial charge < -0.3 is 4.74 Å². The molecule has 0 atom stereocenters. The Morgan fingerprint density at radius 2 is 1.44 bits per heavy atom. The summed E-state index contributed by atoms with van der Waals surface area (Å²) in [5, 5.41) is 0. The van der Waals surface area contributed by atoms with Crippen LogP contribution in [-0.4, -0.2) is 6.61 Å². The van der Waals surface area contributed by atoms with E-state index in [1.54, 1.807) is 6.08 Å². The van der Waals surface area contributed by atoms with E-state index in [0.29, 0.717) is 6.61 Å². The van der Waals surface area contributed by atoms with E-state index in [-0.39, 0.29) is 0 Å². The van der Waals surface area contributed by atoms with Crippen LogP contribution < -0.4 is 4.74 Å². The molecular weight excluding hydrogens is 304 g/mol. The molecule has 0 radical (unpaired) electrons. The molecule has 0 aliphatic rings. The van der Waals surface area contributed by atoms with Crippen LogP contribution in [0.15, 0.2) is 61.2 Å². The van der Waals surface area contributed by atoms with Crippen LogP contribution in [0.4, 0.5) is 0 Å². The van der Waals surface area contributed by atoms with Crippen molar-refractivity contribution in [2.75, 3.05) is 6.61 Å². The normalized spacial score (nSPS) is 9.96. The van der Waals surface area contributed by atoms with Gasteiger partial charge in [0.05, 0.1) is 0 Å². The third-order valence-corrected chi connectivity index (χ3v) is 4.10. The van der Waals surface area contributed by atoms with E-state index in [1.807, 2.05) is 24.3 Å². The molecule has 2 aromatic carbocycles. The largest absolute Gasteiger partial charge is 0.490 e. The van der Waals surface area contributed by atoms with E-state index in [1.165, 1.54) is 44.1 Å². The molecule has 1 nitrogen and oxygen atoms in total. The van der Waals surface area contributed by atoms with E-state index in [4.69, 9.17) is 4.74 Å². The number of rotatable bonds is 9. The maximum Gasteiger partial charge on any atom is 0.119 e. The highest BCUT2D eigenvalue weighted by Crippen LogP contribution is 2.12. The van der Waals surface area contributed by atoms with Crippen molar-refractivity contribution in [1.82, 2.24) is 0 Å². The zero-order chi connectivity index (χ0) is 17.7. The summed E-state index contributed by atoms with van der Waals surface area (Å²) < 4.78 is 5.47. The minimum atomic E-state index is 0.524. The third kappa shape index (κ3) is 7.31. The highest BCUT2D eigenvalue weighted by atomic mass is 16.5. The van der Waals surface area contributed by atoms with Gasteiger partial charge in [0.1, 0.15) is 12.4 Å². The van der Waals surface area contributed by atoms with Crippen molar-refractivity contribution in [2.24, 2.45) is 0 Å². The Morgan fingerprint density at radius 3 is 2.04 bits per heavy atom. The molecule has 130 valence electrons. The molecule has 0 aromatic heterocycles. The molecule has 1 heteroatoms. The van der Waals surface area contributed by atoms with Crippen LogP contribution in [0.25, 0.3) is 0 Å². The Balaban J connectivity index is 1.84. The lowest BCUT2D eigenvalue weighted by Crippen LogP contribution is -1.92. The van der Waals surface area contributed by atoms with Crippen molar-refractivity contribution in [3.05, 3.63) is 77.9 Å². The number of aryl methyl sites for hydroxylation is 1. The summed E-state index contributed by atoms with van der Waals surface area (Å²) in [6.07, 6.45) is 9.55. The smallest absolute Gasteiger partial charge is 0.119 e. The second-order valence-electron chi connectivity index (χ2n) is 6.24. The number of hydrogen-bond acceptors (Lipinski definition) is 1. The first kappa shape index (κ1) is 18.9. The highest BCUT2D eigenvalue weighted by Gasteiger charge is 1.95. The Bertz CT molecular complexity index is 684. The Kier molecular flexibility index (Phi) is 8.42. The first-order chi connectivity index (χ1) is 12.3. The van der Waals surface area contributed by atoms with Crippen LogP contribution in [-0.2, 0) is 6.42 Å². The average molecular weight is 332 g/mol. The molecule has 0 aliphatic heterocycles. The zero-order valence-corrected chi connectivity index (χ0v) is 15.3. The van der Waals surface area contributed by atoms with Gasteiger partial charge in [-0.15, -0.1) is 0 Å². The fourth-order valence-corrected chi connectivity index (χ4v) is 2.62. The highest BCUT2D eigenvalue weighted by molar-refractivity contribution is 5.44. The quantitative estimate of drug-likeness (QED) is 0.303. The molecular formula is C24H28O. The second-order valence-corrected chi connectivity index (χ2v) is 6.24. The lowest BCUT2D eigenvalue weighted by Gasteiger charge is -2.02. The van der Waals surface area contributed by atoms with Gasteiger partial charge in [0.15, 0.2) is 0 Å². The number of hydrogen-bond donors (Lipinski definition) is 0. The van der Waals surface area contributed by atoms with Crippen LogP contribution in [0.2, 0.25) is 0 Å². The summed E-state index contributed by atoms with van der Waals surface area (Å²) in [4.78, 5) is 0. The maximum absolute atomic E-state index is 5.47. The second kappa shape index (κ2) is 11.2. The maximum atomic E-state index is 5.47. The van der Waals surface area contributed by atoms with Crippen LogP contribution in [0, 0.1) is 11.8 Å². The molecule has 0 fully saturated rings. The lowest BCUT2D eigenvalue weighted by molar-refractivity contribution is 0.363. The molecule has 0 saturated carbocycles. The van der Waals surface area contributed by atoms with Crippen LogP contribution in [0.5, 0.6) is 5.75 Å². The van der Waals surface area contributed by atoms with Gasteiger partial charge in [-0.05, 0) is 54.8 Å². The topological polar surface area (TPSA) is 9.23 Å². The van der Waals surface area contributed by atoms with Gasteiger partial charge in [-0.3, -0.25) is 0 Å². The standard InChI is InChI=1S/C24H28O/c1-3-5-6-7-8-9-21-10-12-22(13-11-21)14-15-23-16-18-24(19-17-23)25-20-4-2/h4,10-13,16-19H,2-3,5-9,20H2,1H3. The van der Waals surface area contributed by atoms with E-state index in [0.717, 1.165) is 16.9 Å². The van der Waals surface area contributed by atoms with Gasteiger partial charge >= 0.3 is 0 Å². The molecule has 0 saturated heterocycles. The van der Waals surface area contributed by atoms with Crippen LogP contribution >= 0.6 is 0 Å². The summed E-state index contributed by atoms with van der Waals surface area (Å²) in [5.41, 5.74) is 3.46. The monoisotopic (exact) mass is 332 g/mol. The molecule has 0 aliphatic carbocycles. The summed E-state index contributed by atoms with van der Waals surface area (Å²) in [7, 11) is 0. The minimum absolute atomic E-state index is 0.524. The third-order valence-electron chi connectivity index (χ3n) is 4.10. The van der Waals surface area contributed by atoms with Gasteiger partial charge in [0.25, 0.3) is 0 Å². The summed E-state index contributed by atoms with van der Waals surface area (Å²) in [5.74, 6) is 7.27. The van der Waals surface area contributed by atoms with Gasteiger partial charge in [-0.1, -0.05) is 69.2 Å². The molecule has 0 bridgehead atoms. The van der Waals surface area contributed by atoms with Gasteiger partial charge in [0.2, 0.25) is 0 Å². The summed E-state index contributed by atoms with van der Waals surface area (Å²) >= 11 is 0. The van der Waals surface area contributed by atoms with Gasteiger partial charge in [-0.25, -0.2) is 0 Å².